The highest BCUT2D eigenvalue weighted by atomic mass is 16.3. The van der Waals surface area contributed by atoms with E-state index in [4.69, 9.17) is 5.73 Å². The molecule has 0 aromatic carbocycles. The molecule has 1 fully saturated rings. The van der Waals surface area contributed by atoms with Crippen molar-refractivity contribution >= 4 is 0 Å². The molecule has 0 aromatic rings. The van der Waals surface area contributed by atoms with Crippen LogP contribution in [-0.4, -0.2) is 17.3 Å². The maximum atomic E-state index is 9.42. The van der Waals surface area contributed by atoms with Crippen LogP contribution in [0.2, 0.25) is 0 Å². The Balaban J connectivity index is 2.67. The van der Waals surface area contributed by atoms with E-state index >= 15 is 0 Å². The van der Waals surface area contributed by atoms with Gasteiger partial charge in [-0.05, 0) is 31.1 Å². The zero-order valence-corrected chi connectivity index (χ0v) is 7.51. The van der Waals surface area contributed by atoms with Crippen LogP contribution in [0.5, 0.6) is 0 Å². The normalized spacial score (nSPS) is 36.0. The first-order chi connectivity index (χ1) is 5.14. The van der Waals surface area contributed by atoms with Crippen molar-refractivity contribution in [3.8, 4) is 0 Å². The van der Waals surface area contributed by atoms with Gasteiger partial charge in [0.05, 0.1) is 6.10 Å². The van der Waals surface area contributed by atoms with E-state index in [2.05, 4.69) is 13.8 Å². The van der Waals surface area contributed by atoms with Gasteiger partial charge in [-0.2, -0.15) is 0 Å². The molecule has 1 rings (SSSR count). The van der Waals surface area contributed by atoms with Gasteiger partial charge in [0.25, 0.3) is 0 Å². The van der Waals surface area contributed by atoms with E-state index in [1.165, 1.54) is 0 Å². The molecule has 0 aliphatic heterocycles. The number of aliphatic hydroxyl groups is 1. The van der Waals surface area contributed by atoms with Gasteiger partial charge in [-0.25, -0.2) is 0 Å². The van der Waals surface area contributed by atoms with Gasteiger partial charge < -0.3 is 10.8 Å². The second-order valence-electron chi connectivity index (χ2n) is 3.77. The van der Waals surface area contributed by atoms with Crippen molar-refractivity contribution in [3.63, 3.8) is 0 Å². The van der Waals surface area contributed by atoms with Crippen molar-refractivity contribution in [1.29, 1.82) is 0 Å². The summed E-state index contributed by atoms with van der Waals surface area (Å²) in [5.74, 6) is 0. The van der Waals surface area contributed by atoms with Crippen molar-refractivity contribution < 1.29 is 5.11 Å². The molecule has 1 saturated carbocycles. The molecule has 0 radical (unpaired) electrons. The van der Waals surface area contributed by atoms with E-state index in [9.17, 15) is 5.11 Å². The number of hydrogen-bond acceptors (Lipinski definition) is 2. The molecule has 2 heteroatoms. The summed E-state index contributed by atoms with van der Waals surface area (Å²) in [6, 6.07) is 0.215. The third-order valence-corrected chi connectivity index (χ3v) is 3.36. The van der Waals surface area contributed by atoms with Gasteiger partial charge in [0, 0.05) is 6.04 Å². The molecule has 0 unspecified atom stereocenters. The van der Waals surface area contributed by atoms with Crippen LogP contribution < -0.4 is 5.73 Å². The molecule has 0 bridgehead atoms. The highest BCUT2D eigenvalue weighted by Crippen LogP contribution is 2.42. The molecule has 1 aliphatic rings. The molecule has 0 spiro atoms. The molecule has 0 amide bonds. The second-order valence-corrected chi connectivity index (χ2v) is 3.77. The number of rotatable bonds is 2. The fraction of sp³-hybridized carbons (Fsp3) is 1.00. The molecule has 2 atom stereocenters. The molecule has 0 saturated heterocycles. The Bertz CT molecular complexity index is 132. The Hall–Kier alpha value is -0.0800. The van der Waals surface area contributed by atoms with Crippen LogP contribution >= 0.6 is 0 Å². The van der Waals surface area contributed by atoms with E-state index in [1.54, 1.807) is 0 Å². The lowest BCUT2D eigenvalue weighted by Gasteiger charge is -2.30. The summed E-state index contributed by atoms with van der Waals surface area (Å²) >= 11 is 0. The quantitative estimate of drug-likeness (QED) is 0.634. The van der Waals surface area contributed by atoms with Crippen molar-refractivity contribution in [2.75, 3.05) is 0 Å². The first kappa shape index (κ1) is 9.01. The monoisotopic (exact) mass is 157 g/mol. The number of aliphatic hydroxyl groups excluding tert-OH is 1. The molecular weight excluding hydrogens is 138 g/mol. The fourth-order valence-corrected chi connectivity index (χ4v) is 2.31. The standard InChI is InChI=1S/C9H19NO/c1-3-9(4-2)6-7(11)5-8(9)10/h7-8,11H,3-6,10H2,1-2H3/t7-,8+/m0/s1. The predicted molar refractivity (Wildman–Crippen MR) is 46.2 cm³/mol. The van der Waals surface area contributed by atoms with Crippen molar-refractivity contribution in [2.45, 2.75) is 51.7 Å². The van der Waals surface area contributed by atoms with Gasteiger partial charge in [0.1, 0.15) is 0 Å². The summed E-state index contributed by atoms with van der Waals surface area (Å²) < 4.78 is 0. The highest BCUT2D eigenvalue weighted by molar-refractivity contribution is 4.96. The maximum Gasteiger partial charge on any atom is 0.0561 e. The number of hydrogen-bond donors (Lipinski definition) is 2. The molecule has 11 heavy (non-hydrogen) atoms. The molecule has 0 aromatic heterocycles. The van der Waals surface area contributed by atoms with Gasteiger partial charge in [0.2, 0.25) is 0 Å². The summed E-state index contributed by atoms with van der Waals surface area (Å²) in [6.45, 7) is 4.34. The Kier molecular flexibility index (Phi) is 2.55. The van der Waals surface area contributed by atoms with Crippen LogP contribution in [0.25, 0.3) is 0 Å². The van der Waals surface area contributed by atoms with Crippen molar-refractivity contribution in [2.24, 2.45) is 11.1 Å². The summed E-state index contributed by atoms with van der Waals surface area (Å²) in [4.78, 5) is 0. The summed E-state index contributed by atoms with van der Waals surface area (Å²) in [6.07, 6.45) is 3.75. The molecular formula is C9H19NO. The van der Waals surface area contributed by atoms with Gasteiger partial charge in [0.15, 0.2) is 0 Å². The Morgan fingerprint density at radius 1 is 1.45 bits per heavy atom. The molecule has 66 valence electrons. The lowest BCUT2D eigenvalue weighted by atomic mass is 9.78. The lowest BCUT2D eigenvalue weighted by Crippen LogP contribution is -2.35. The van der Waals surface area contributed by atoms with Crippen LogP contribution in [0.4, 0.5) is 0 Å². The Labute approximate surface area is 68.8 Å². The van der Waals surface area contributed by atoms with Crippen LogP contribution in [0.3, 0.4) is 0 Å². The minimum Gasteiger partial charge on any atom is -0.393 e. The first-order valence-corrected chi connectivity index (χ1v) is 4.58. The minimum atomic E-state index is -0.148. The van der Waals surface area contributed by atoms with Crippen molar-refractivity contribution in [3.05, 3.63) is 0 Å². The largest absolute Gasteiger partial charge is 0.393 e. The lowest BCUT2D eigenvalue weighted by molar-refractivity contribution is 0.153. The SMILES string of the molecule is CCC1(CC)C[C@@H](O)C[C@H]1N. The third kappa shape index (κ3) is 1.42. The summed E-state index contributed by atoms with van der Waals surface area (Å²) in [7, 11) is 0. The zero-order chi connectivity index (χ0) is 8.48. The third-order valence-electron chi connectivity index (χ3n) is 3.36. The van der Waals surface area contributed by atoms with E-state index in [1.807, 2.05) is 0 Å². The predicted octanol–water partition coefficient (Wildman–Crippen LogP) is 1.27. The van der Waals surface area contributed by atoms with E-state index in [0.717, 1.165) is 25.7 Å². The van der Waals surface area contributed by atoms with Crippen LogP contribution in [0, 0.1) is 5.41 Å². The molecule has 1 aliphatic carbocycles. The Morgan fingerprint density at radius 2 is 2.00 bits per heavy atom. The summed E-state index contributed by atoms with van der Waals surface area (Å²) in [5.41, 5.74) is 6.20. The first-order valence-electron chi connectivity index (χ1n) is 4.58. The molecule has 0 heterocycles. The van der Waals surface area contributed by atoms with E-state index in [-0.39, 0.29) is 17.6 Å². The zero-order valence-electron chi connectivity index (χ0n) is 7.51. The van der Waals surface area contributed by atoms with Gasteiger partial charge in [-0.3, -0.25) is 0 Å². The maximum absolute atomic E-state index is 9.42. The minimum absolute atomic E-state index is 0.148. The topological polar surface area (TPSA) is 46.2 Å². The summed E-state index contributed by atoms with van der Waals surface area (Å²) in [5, 5.41) is 9.42. The fourth-order valence-electron chi connectivity index (χ4n) is 2.31. The van der Waals surface area contributed by atoms with E-state index in [0.29, 0.717) is 0 Å². The average molecular weight is 157 g/mol. The number of nitrogens with two attached hydrogens (primary N) is 1. The van der Waals surface area contributed by atoms with Crippen molar-refractivity contribution in [1.82, 2.24) is 0 Å². The van der Waals surface area contributed by atoms with E-state index < -0.39 is 0 Å². The molecule has 2 nitrogen and oxygen atoms in total. The van der Waals surface area contributed by atoms with Crippen LogP contribution in [-0.2, 0) is 0 Å². The smallest absolute Gasteiger partial charge is 0.0561 e. The van der Waals surface area contributed by atoms with Crippen LogP contribution in [0.1, 0.15) is 39.5 Å². The second kappa shape index (κ2) is 3.11. The average Bonchev–Trinajstić information content (AvgIpc) is 2.27. The van der Waals surface area contributed by atoms with Gasteiger partial charge >= 0.3 is 0 Å². The van der Waals surface area contributed by atoms with Gasteiger partial charge in [-0.1, -0.05) is 13.8 Å². The Morgan fingerprint density at radius 3 is 2.18 bits per heavy atom. The molecule has 3 N–H and O–H groups in total. The van der Waals surface area contributed by atoms with Gasteiger partial charge in [-0.15, -0.1) is 0 Å². The highest BCUT2D eigenvalue weighted by Gasteiger charge is 2.41. The van der Waals surface area contributed by atoms with Crippen LogP contribution in [0.15, 0.2) is 0 Å².